The van der Waals surface area contributed by atoms with Gasteiger partial charge in [0.1, 0.15) is 0 Å². The third kappa shape index (κ3) is 3.26. The largest absolute Gasteiger partial charge is 0.252 e. The second-order valence-corrected chi connectivity index (χ2v) is 7.44. The minimum Gasteiger partial charge on any atom is -0.252 e. The quantitative estimate of drug-likeness (QED) is 0.501. The van der Waals surface area contributed by atoms with E-state index in [2.05, 4.69) is 54.6 Å². The first-order valence-electron chi connectivity index (χ1n) is 7.94. The zero-order valence-corrected chi connectivity index (χ0v) is 14.6. The first-order valence-corrected chi connectivity index (χ1v) is 9.19. The van der Waals surface area contributed by atoms with Gasteiger partial charge in [0.2, 0.25) is 0 Å². The highest BCUT2D eigenvalue weighted by molar-refractivity contribution is 7.99. The van der Waals surface area contributed by atoms with Crippen molar-refractivity contribution in [3.8, 4) is 0 Å². The van der Waals surface area contributed by atoms with E-state index < -0.39 is 0 Å². The van der Waals surface area contributed by atoms with Crippen LogP contribution in [0, 0.1) is 0 Å². The summed E-state index contributed by atoms with van der Waals surface area (Å²) in [5, 5.41) is 1.10. The number of fused-ring (bicyclic) bond motifs is 1. The first kappa shape index (κ1) is 15.5. The zero-order chi connectivity index (χ0) is 16.4. The molecule has 1 atom stereocenters. The van der Waals surface area contributed by atoms with E-state index >= 15 is 0 Å². The van der Waals surface area contributed by atoms with Crippen LogP contribution in [0.5, 0.6) is 0 Å². The molecule has 24 heavy (non-hydrogen) atoms. The molecule has 3 aromatic rings. The molecule has 0 N–H and O–H groups in total. The number of rotatable bonds is 2. The Morgan fingerprint density at radius 1 is 0.833 bits per heavy atom. The van der Waals surface area contributed by atoms with Crippen molar-refractivity contribution in [1.82, 2.24) is 0 Å². The van der Waals surface area contributed by atoms with Crippen LogP contribution in [0.4, 0.5) is 5.69 Å². The molecular weight excluding hydrogens is 334 g/mol. The van der Waals surface area contributed by atoms with Gasteiger partial charge in [-0.05, 0) is 35.4 Å². The van der Waals surface area contributed by atoms with Gasteiger partial charge in [0, 0.05) is 27.3 Å². The normalized spacial score (nSPS) is 16.9. The number of nitrogens with zero attached hydrogens (tertiary/aromatic N) is 1. The van der Waals surface area contributed by atoms with Gasteiger partial charge >= 0.3 is 0 Å². The Kier molecular flexibility index (Phi) is 4.42. The predicted octanol–water partition coefficient (Wildman–Crippen LogP) is 6.70. The van der Waals surface area contributed by atoms with E-state index in [1.54, 1.807) is 0 Å². The fraction of sp³-hybridized carbons (Fsp3) is 0.0952. The minimum absolute atomic E-state index is 0.324. The fourth-order valence-corrected chi connectivity index (χ4v) is 4.25. The highest BCUT2D eigenvalue weighted by Gasteiger charge is 2.22. The second-order valence-electron chi connectivity index (χ2n) is 5.75. The summed E-state index contributed by atoms with van der Waals surface area (Å²) in [7, 11) is 0. The molecule has 0 amide bonds. The average Bonchev–Trinajstić information content (AvgIpc) is 2.83. The van der Waals surface area contributed by atoms with Crippen molar-refractivity contribution in [2.75, 3.05) is 0 Å². The van der Waals surface area contributed by atoms with Crippen molar-refractivity contribution in [2.24, 2.45) is 4.99 Å². The van der Waals surface area contributed by atoms with Gasteiger partial charge in [-0.2, -0.15) is 0 Å². The average molecular weight is 350 g/mol. The standard InChI is InChI=1S/C21H16ClNS/c22-17-12-10-16(11-13-17)21-14-19(15-6-2-1-3-7-15)23-18-8-4-5-9-20(18)24-21/h1-13,21H,14H2/t21-/m0/s1. The van der Waals surface area contributed by atoms with Crippen LogP contribution >= 0.6 is 23.4 Å². The van der Waals surface area contributed by atoms with E-state index in [-0.39, 0.29) is 0 Å². The van der Waals surface area contributed by atoms with Crippen LogP contribution in [0.15, 0.2) is 88.8 Å². The zero-order valence-electron chi connectivity index (χ0n) is 13.0. The van der Waals surface area contributed by atoms with Gasteiger partial charge in [-0.1, -0.05) is 66.2 Å². The Bertz CT molecular complexity index is 872. The van der Waals surface area contributed by atoms with E-state index in [4.69, 9.17) is 16.6 Å². The van der Waals surface area contributed by atoms with Crippen LogP contribution < -0.4 is 0 Å². The Hall–Kier alpha value is -2.03. The summed E-state index contributed by atoms with van der Waals surface area (Å²) in [5.41, 5.74) is 4.66. The summed E-state index contributed by atoms with van der Waals surface area (Å²) >= 11 is 7.94. The molecule has 0 bridgehead atoms. The van der Waals surface area contributed by atoms with Gasteiger partial charge < -0.3 is 0 Å². The molecule has 0 saturated heterocycles. The third-order valence-electron chi connectivity index (χ3n) is 4.12. The fourth-order valence-electron chi connectivity index (χ4n) is 2.89. The van der Waals surface area contributed by atoms with E-state index in [1.165, 1.54) is 16.0 Å². The van der Waals surface area contributed by atoms with Crippen molar-refractivity contribution in [3.63, 3.8) is 0 Å². The molecule has 3 heteroatoms. The van der Waals surface area contributed by atoms with Gasteiger partial charge in [0.05, 0.1) is 5.69 Å². The molecule has 0 spiro atoms. The lowest BCUT2D eigenvalue weighted by Gasteiger charge is -2.16. The SMILES string of the molecule is Clc1ccc([C@@H]2CC(c3ccccc3)=Nc3ccccc3S2)cc1. The van der Waals surface area contributed by atoms with Gasteiger partial charge in [-0.15, -0.1) is 11.8 Å². The molecular formula is C21H16ClNS. The molecule has 1 nitrogen and oxygen atoms in total. The number of para-hydroxylation sites is 1. The lowest BCUT2D eigenvalue weighted by Crippen LogP contribution is -2.05. The number of aliphatic imine (C=N–C) groups is 1. The molecule has 1 heterocycles. The Labute approximate surface area is 151 Å². The van der Waals surface area contributed by atoms with Crippen LogP contribution in [0.2, 0.25) is 5.02 Å². The van der Waals surface area contributed by atoms with Crippen LogP contribution in [0.25, 0.3) is 0 Å². The van der Waals surface area contributed by atoms with Crippen LogP contribution in [-0.4, -0.2) is 5.71 Å². The molecule has 118 valence electrons. The van der Waals surface area contributed by atoms with E-state index in [1.807, 2.05) is 36.0 Å². The summed E-state index contributed by atoms with van der Waals surface area (Å²) in [6, 6.07) is 27.0. The molecule has 0 saturated carbocycles. The van der Waals surface area contributed by atoms with Crippen molar-refractivity contribution >= 4 is 34.8 Å². The summed E-state index contributed by atoms with van der Waals surface area (Å²) in [6.45, 7) is 0. The molecule has 0 fully saturated rings. The summed E-state index contributed by atoms with van der Waals surface area (Å²) in [4.78, 5) is 6.20. The van der Waals surface area contributed by atoms with Crippen molar-refractivity contribution < 1.29 is 0 Å². The van der Waals surface area contributed by atoms with E-state index in [0.29, 0.717) is 5.25 Å². The number of hydrogen-bond acceptors (Lipinski definition) is 2. The minimum atomic E-state index is 0.324. The second kappa shape index (κ2) is 6.84. The number of benzene rings is 3. The van der Waals surface area contributed by atoms with Crippen LogP contribution in [0.1, 0.15) is 22.8 Å². The smallest absolute Gasteiger partial charge is 0.0769 e. The van der Waals surface area contributed by atoms with E-state index in [9.17, 15) is 0 Å². The number of halogens is 1. The molecule has 0 radical (unpaired) electrons. The van der Waals surface area contributed by atoms with Gasteiger partial charge in [0.15, 0.2) is 0 Å². The maximum atomic E-state index is 6.06. The summed E-state index contributed by atoms with van der Waals surface area (Å²) in [5.74, 6) is 0. The number of thioether (sulfide) groups is 1. The molecule has 4 rings (SSSR count). The van der Waals surface area contributed by atoms with Gasteiger partial charge in [0.25, 0.3) is 0 Å². The molecule has 0 aliphatic carbocycles. The van der Waals surface area contributed by atoms with E-state index in [0.717, 1.165) is 22.8 Å². The van der Waals surface area contributed by atoms with Crippen molar-refractivity contribution in [2.45, 2.75) is 16.6 Å². The molecule has 0 aromatic heterocycles. The monoisotopic (exact) mass is 349 g/mol. The highest BCUT2D eigenvalue weighted by atomic mass is 35.5. The Morgan fingerprint density at radius 2 is 1.54 bits per heavy atom. The lowest BCUT2D eigenvalue weighted by atomic mass is 10.0. The topological polar surface area (TPSA) is 12.4 Å². The van der Waals surface area contributed by atoms with Gasteiger partial charge in [-0.25, -0.2) is 0 Å². The maximum Gasteiger partial charge on any atom is 0.0769 e. The molecule has 1 aliphatic rings. The summed E-state index contributed by atoms with van der Waals surface area (Å²) < 4.78 is 0. The van der Waals surface area contributed by atoms with Crippen LogP contribution in [0.3, 0.4) is 0 Å². The van der Waals surface area contributed by atoms with Crippen molar-refractivity contribution in [1.29, 1.82) is 0 Å². The molecule has 3 aromatic carbocycles. The molecule has 0 unspecified atom stereocenters. The number of hydrogen-bond donors (Lipinski definition) is 0. The van der Waals surface area contributed by atoms with Gasteiger partial charge in [-0.3, -0.25) is 4.99 Å². The highest BCUT2D eigenvalue weighted by Crippen LogP contribution is 2.45. The molecule has 1 aliphatic heterocycles. The predicted molar refractivity (Wildman–Crippen MR) is 104 cm³/mol. The summed E-state index contributed by atoms with van der Waals surface area (Å²) in [6.07, 6.45) is 0.894. The van der Waals surface area contributed by atoms with Crippen LogP contribution in [-0.2, 0) is 0 Å². The Balaban J connectivity index is 1.79. The van der Waals surface area contributed by atoms with Crippen molar-refractivity contribution in [3.05, 3.63) is 95.0 Å². The third-order valence-corrected chi connectivity index (χ3v) is 5.69. The lowest BCUT2D eigenvalue weighted by molar-refractivity contribution is 1.01. The maximum absolute atomic E-state index is 6.06. The first-order chi connectivity index (χ1) is 11.8. The Morgan fingerprint density at radius 3 is 2.33 bits per heavy atom.